The van der Waals surface area contributed by atoms with E-state index in [9.17, 15) is 0 Å². The van der Waals surface area contributed by atoms with Crippen molar-refractivity contribution in [3.63, 3.8) is 0 Å². The summed E-state index contributed by atoms with van der Waals surface area (Å²) >= 11 is 0. The van der Waals surface area contributed by atoms with Gasteiger partial charge in [0.15, 0.2) is 0 Å². The van der Waals surface area contributed by atoms with Gasteiger partial charge >= 0.3 is 0 Å². The molecular formula is C17H18N2O. The second-order valence-corrected chi connectivity index (χ2v) is 4.97. The van der Waals surface area contributed by atoms with Gasteiger partial charge in [0.25, 0.3) is 0 Å². The number of ether oxygens (including phenoxy) is 1. The Balaban J connectivity index is 1.95. The lowest BCUT2D eigenvalue weighted by molar-refractivity contribution is 0.217. The predicted molar refractivity (Wildman–Crippen MR) is 81.9 cm³/mol. The molecule has 1 heterocycles. The van der Waals surface area contributed by atoms with Crippen molar-refractivity contribution in [3.05, 3.63) is 48.5 Å². The zero-order valence-electron chi connectivity index (χ0n) is 11.8. The number of H-pyrrole nitrogens is 1. The van der Waals surface area contributed by atoms with Crippen LogP contribution < -0.4 is 4.74 Å². The molecule has 0 aliphatic heterocycles. The molecule has 0 aliphatic carbocycles. The number of nitrogens with zero attached hydrogens (tertiary/aromatic N) is 1. The summed E-state index contributed by atoms with van der Waals surface area (Å²) < 4.78 is 5.86. The van der Waals surface area contributed by atoms with Crippen molar-refractivity contribution in [2.75, 3.05) is 0 Å². The second-order valence-electron chi connectivity index (χ2n) is 4.97. The van der Waals surface area contributed by atoms with Gasteiger partial charge in [-0.2, -0.15) is 0 Å². The van der Waals surface area contributed by atoms with Crippen LogP contribution in [0.25, 0.3) is 22.4 Å². The average Bonchev–Trinajstić information content (AvgIpc) is 2.91. The molecule has 3 heteroatoms. The molecule has 102 valence electrons. The smallest absolute Gasteiger partial charge is 0.138 e. The predicted octanol–water partition coefficient (Wildman–Crippen LogP) is 4.41. The Morgan fingerprint density at radius 2 is 2.00 bits per heavy atom. The molecule has 0 saturated heterocycles. The highest BCUT2D eigenvalue weighted by Crippen LogP contribution is 2.24. The number of benzene rings is 2. The van der Waals surface area contributed by atoms with Crippen LogP contribution >= 0.6 is 0 Å². The van der Waals surface area contributed by atoms with Crippen molar-refractivity contribution in [2.24, 2.45) is 0 Å². The van der Waals surface area contributed by atoms with Crippen molar-refractivity contribution < 1.29 is 4.74 Å². The lowest BCUT2D eigenvalue weighted by Gasteiger charge is -2.12. The molecule has 1 N–H and O–H groups in total. The molecule has 3 aromatic rings. The molecule has 0 bridgehead atoms. The average molecular weight is 266 g/mol. The Morgan fingerprint density at radius 3 is 2.80 bits per heavy atom. The topological polar surface area (TPSA) is 37.9 Å². The highest BCUT2D eigenvalue weighted by atomic mass is 16.5. The van der Waals surface area contributed by atoms with Crippen LogP contribution in [0.15, 0.2) is 48.5 Å². The molecule has 0 amide bonds. The van der Waals surface area contributed by atoms with E-state index in [1.807, 2.05) is 48.5 Å². The lowest BCUT2D eigenvalue weighted by Crippen LogP contribution is -2.09. The Labute approximate surface area is 118 Å². The lowest BCUT2D eigenvalue weighted by atomic mass is 10.2. The van der Waals surface area contributed by atoms with Crippen molar-refractivity contribution in [3.8, 4) is 17.1 Å². The maximum absolute atomic E-state index is 5.86. The van der Waals surface area contributed by atoms with Gasteiger partial charge in [-0.25, -0.2) is 4.98 Å². The Bertz CT molecular complexity index is 685. The fraction of sp³-hybridized carbons (Fsp3) is 0.235. The Hall–Kier alpha value is -2.29. The molecule has 1 aromatic heterocycles. The fourth-order valence-corrected chi connectivity index (χ4v) is 2.12. The van der Waals surface area contributed by atoms with Gasteiger partial charge in [0.2, 0.25) is 0 Å². The molecule has 0 saturated carbocycles. The number of imidazole rings is 1. The number of aromatic nitrogens is 2. The third kappa shape index (κ3) is 2.52. The first-order chi connectivity index (χ1) is 9.76. The summed E-state index contributed by atoms with van der Waals surface area (Å²) in [4.78, 5) is 7.95. The summed E-state index contributed by atoms with van der Waals surface area (Å²) in [6, 6.07) is 16.1. The highest BCUT2D eigenvalue weighted by molar-refractivity contribution is 5.79. The van der Waals surface area contributed by atoms with Crippen molar-refractivity contribution in [2.45, 2.75) is 26.4 Å². The van der Waals surface area contributed by atoms with Gasteiger partial charge in [-0.1, -0.05) is 31.2 Å². The van der Waals surface area contributed by atoms with E-state index in [4.69, 9.17) is 4.74 Å². The Morgan fingerprint density at radius 1 is 1.15 bits per heavy atom. The number of para-hydroxylation sites is 2. The summed E-state index contributed by atoms with van der Waals surface area (Å²) in [6.07, 6.45) is 1.22. The standard InChI is InChI=1S/C17H18N2O/c1-3-12(2)20-14-8-6-7-13(11-14)17-18-15-9-4-5-10-16(15)19-17/h4-12H,3H2,1-2H3,(H,18,19). The summed E-state index contributed by atoms with van der Waals surface area (Å²) in [5, 5.41) is 0. The van der Waals surface area contributed by atoms with Gasteiger partial charge in [0.1, 0.15) is 11.6 Å². The van der Waals surface area contributed by atoms with Gasteiger partial charge in [-0.15, -0.1) is 0 Å². The van der Waals surface area contributed by atoms with E-state index in [0.717, 1.165) is 34.6 Å². The largest absolute Gasteiger partial charge is 0.491 e. The van der Waals surface area contributed by atoms with Gasteiger partial charge < -0.3 is 9.72 Å². The van der Waals surface area contributed by atoms with Crippen LogP contribution in [0.5, 0.6) is 5.75 Å². The maximum Gasteiger partial charge on any atom is 0.138 e. The van der Waals surface area contributed by atoms with Crippen LogP contribution in [0.4, 0.5) is 0 Å². The van der Waals surface area contributed by atoms with Crippen LogP contribution in [0.2, 0.25) is 0 Å². The molecule has 0 fully saturated rings. The third-order valence-corrected chi connectivity index (χ3v) is 3.41. The first-order valence-corrected chi connectivity index (χ1v) is 6.98. The third-order valence-electron chi connectivity index (χ3n) is 3.41. The Kier molecular flexibility index (Phi) is 3.42. The van der Waals surface area contributed by atoms with Crippen LogP contribution in [0.1, 0.15) is 20.3 Å². The molecule has 0 aliphatic rings. The minimum atomic E-state index is 0.223. The van der Waals surface area contributed by atoms with Crippen molar-refractivity contribution >= 4 is 11.0 Å². The zero-order valence-corrected chi connectivity index (χ0v) is 11.8. The zero-order chi connectivity index (χ0) is 13.9. The number of hydrogen-bond donors (Lipinski definition) is 1. The molecule has 1 atom stereocenters. The quantitative estimate of drug-likeness (QED) is 0.759. The van der Waals surface area contributed by atoms with Crippen LogP contribution in [0.3, 0.4) is 0 Å². The number of rotatable bonds is 4. The minimum Gasteiger partial charge on any atom is -0.491 e. The van der Waals surface area contributed by atoms with E-state index >= 15 is 0 Å². The minimum absolute atomic E-state index is 0.223. The number of aromatic amines is 1. The van der Waals surface area contributed by atoms with Gasteiger partial charge in [0.05, 0.1) is 17.1 Å². The molecule has 3 rings (SSSR count). The normalized spacial score (nSPS) is 12.5. The van der Waals surface area contributed by atoms with E-state index < -0.39 is 0 Å². The highest BCUT2D eigenvalue weighted by Gasteiger charge is 2.07. The number of fused-ring (bicyclic) bond motifs is 1. The van der Waals surface area contributed by atoms with Gasteiger partial charge in [-0.05, 0) is 37.6 Å². The molecule has 0 radical (unpaired) electrons. The van der Waals surface area contributed by atoms with E-state index in [0.29, 0.717) is 0 Å². The van der Waals surface area contributed by atoms with Crippen molar-refractivity contribution in [1.82, 2.24) is 9.97 Å². The van der Waals surface area contributed by atoms with E-state index in [1.165, 1.54) is 0 Å². The molecule has 20 heavy (non-hydrogen) atoms. The van der Waals surface area contributed by atoms with E-state index in [2.05, 4.69) is 23.8 Å². The summed E-state index contributed by atoms with van der Waals surface area (Å²) in [5.41, 5.74) is 3.08. The van der Waals surface area contributed by atoms with Crippen LogP contribution in [0, 0.1) is 0 Å². The van der Waals surface area contributed by atoms with Crippen LogP contribution in [-0.4, -0.2) is 16.1 Å². The molecule has 0 spiro atoms. The molecule has 1 unspecified atom stereocenters. The fourth-order valence-electron chi connectivity index (χ4n) is 2.12. The van der Waals surface area contributed by atoms with Crippen molar-refractivity contribution in [1.29, 1.82) is 0 Å². The van der Waals surface area contributed by atoms with E-state index in [-0.39, 0.29) is 6.10 Å². The first kappa shape index (κ1) is 12.7. The first-order valence-electron chi connectivity index (χ1n) is 6.98. The van der Waals surface area contributed by atoms with E-state index in [1.54, 1.807) is 0 Å². The number of nitrogens with one attached hydrogen (secondary N) is 1. The SMILES string of the molecule is CCC(C)Oc1cccc(-c2nc3ccccc3[nH]2)c1. The second kappa shape index (κ2) is 5.37. The van der Waals surface area contributed by atoms with Gasteiger partial charge in [0, 0.05) is 5.56 Å². The van der Waals surface area contributed by atoms with Gasteiger partial charge in [-0.3, -0.25) is 0 Å². The summed E-state index contributed by atoms with van der Waals surface area (Å²) in [5.74, 6) is 1.76. The monoisotopic (exact) mass is 266 g/mol. The number of hydrogen-bond acceptors (Lipinski definition) is 2. The summed E-state index contributed by atoms with van der Waals surface area (Å²) in [7, 11) is 0. The molecular weight excluding hydrogens is 248 g/mol. The maximum atomic E-state index is 5.86. The molecule has 2 aromatic carbocycles. The van der Waals surface area contributed by atoms with Crippen LogP contribution in [-0.2, 0) is 0 Å². The summed E-state index contributed by atoms with van der Waals surface area (Å²) in [6.45, 7) is 4.20. The molecule has 3 nitrogen and oxygen atoms in total.